The van der Waals surface area contributed by atoms with E-state index in [1.807, 2.05) is 0 Å². The van der Waals surface area contributed by atoms with Crippen LogP contribution in [0, 0.1) is 11.8 Å². The molecule has 1 heterocycles. The monoisotopic (exact) mass is 294 g/mol. The van der Waals surface area contributed by atoms with E-state index >= 15 is 0 Å². The molecular weight excluding hydrogens is 264 g/mol. The predicted molar refractivity (Wildman–Crippen MR) is 82.9 cm³/mol. The maximum Gasteiger partial charge on any atom is 0.236 e. The van der Waals surface area contributed by atoms with Crippen molar-refractivity contribution in [2.75, 3.05) is 26.2 Å². The molecule has 4 heteroatoms. The molecule has 0 radical (unpaired) electrons. The standard InChI is InChI=1S/C17H30N2O2/c1-2-19(14-6-4-3-5-7-14)17(21)12-18-10-13-8-9-16(20)15(13)11-18/h13-16,20H,2-12H2,1H3. The van der Waals surface area contributed by atoms with E-state index in [1.165, 1.54) is 32.1 Å². The molecule has 1 saturated heterocycles. The van der Waals surface area contributed by atoms with Gasteiger partial charge in [-0.05, 0) is 38.5 Å². The summed E-state index contributed by atoms with van der Waals surface area (Å²) in [4.78, 5) is 17.1. The summed E-state index contributed by atoms with van der Waals surface area (Å²) in [6.07, 6.45) is 8.21. The lowest BCUT2D eigenvalue weighted by molar-refractivity contribution is -0.135. The van der Waals surface area contributed by atoms with E-state index < -0.39 is 0 Å². The highest BCUT2D eigenvalue weighted by molar-refractivity contribution is 5.78. The van der Waals surface area contributed by atoms with E-state index in [0.29, 0.717) is 30.3 Å². The fraction of sp³-hybridized carbons (Fsp3) is 0.941. The van der Waals surface area contributed by atoms with Crippen LogP contribution in [0.1, 0.15) is 51.9 Å². The number of likely N-dealkylation sites (N-methyl/N-ethyl adjacent to an activating group) is 1. The van der Waals surface area contributed by atoms with Crippen molar-refractivity contribution in [2.24, 2.45) is 11.8 Å². The van der Waals surface area contributed by atoms with Crippen LogP contribution in [0.3, 0.4) is 0 Å². The molecule has 1 aliphatic heterocycles. The molecule has 3 aliphatic rings. The lowest BCUT2D eigenvalue weighted by Crippen LogP contribution is -2.46. The molecule has 0 bridgehead atoms. The first-order chi connectivity index (χ1) is 10.2. The number of amides is 1. The van der Waals surface area contributed by atoms with E-state index in [1.54, 1.807) is 0 Å². The first kappa shape index (κ1) is 15.3. The summed E-state index contributed by atoms with van der Waals surface area (Å²) in [6.45, 7) is 5.43. The Morgan fingerprint density at radius 3 is 2.57 bits per heavy atom. The molecule has 3 atom stereocenters. The molecule has 120 valence electrons. The Morgan fingerprint density at radius 2 is 1.90 bits per heavy atom. The van der Waals surface area contributed by atoms with Crippen LogP contribution >= 0.6 is 0 Å². The molecule has 21 heavy (non-hydrogen) atoms. The lowest BCUT2D eigenvalue weighted by atomic mass is 9.94. The number of nitrogens with zero attached hydrogens (tertiary/aromatic N) is 2. The van der Waals surface area contributed by atoms with Crippen molar-refractivity contribution in [3.8, 4) is 0 Å². The van der Waals surface area contributed by atoms with Crippen LogP contribution in [-0.2, 0) is 4.79 Å². The third-order valence-electron chi connectivity index (χ3n) is 5.93. The number of hydrogen-bond acceptors (Lipinski definition) is 3. The normalized spacial score (nSPS) is 34.1. The molecule has 4 nitrogen and oxygen atoms in total. The van der Waals surface area contributed by atoms with Gasteiger partial charge in [-0.1, -0.05) is 19.3 Å². The van der Waals surface area contributed by atoms with Gasteiger partial charge in [-0.2, -0.15) is 0 Å². The molecule has 0 aromatic heterocycles. The number of hydrogen-bond donors (Lipinski definition) is 1. The van der Waals surface area contributed by atoms with Gasteiger partial charge < -0.3 is 10.0 Å². The average Bonchev–Trinajstić information content (AvgIpc) is 3.03. The highest BCUT2D eigenvalue weighted by Gasteiger charge is 2.42. The first-order valence-electron chi connectivity index (χ1n) is 8.89. The zero-order chi connectivity index (χ0) is 14.8. The molecule has 0 aromatic carbocycles. The van der Waals surface area contributed by atoms with Gasteiger partial charge >= 0.3 is 0 Å². The van der Waals surface area contributed by atoms with Gasteiger partial charge in [0.1, 0.15) is 0 Å². The van der Waals surface area contributed by atoms with Gasteiger partial charge in [0.25, 0.3) is 0 Å². The summed E-state index contributed by atoms with van der Waals surface area (Å²) in [5.74, 6) is 1.35. The van der Waals surface area contributed by atoms with Crippen molar-refractivity contribution in [1.29, 1.82) is 0 Å². The van der Waals surface area contributed by atoms with Gasteiger partial charge in [0.2, 0.25) is 5.91 Å². The SMILES string of the molecule is CCN(C(=O)CN1CC2CCC(O)C2C1)C1CCCCC1. The van der Waals surface area contributed by atoms with E-state index in [-0.39, 0.29) is 6.10 Å². The lowest BCUT2D eigenvalue weighted by Gasteiger charge is -2.34. The Balaban J connectivity index is 1.53. The highest BCUT2D eigenvalue weighted by Crippen LogP contribution is 2.38. The van der Waals surface area contributed by atoms with E-state index in [9.17, 15) is 9.90 Å². The second-order valence-corrected chi connectivity index (χ2v) is 7.23. The molecule has 2 saturated carbocycles. The molecule has 0 aromatic rings. The largest absolute Gasteiger partial charge is 0.393 e. The average molecular weight is 294 g/mol. The molecule has 1 amide bonds. The minimum Gasteiger partial charge on any atom is -0.393 e. The van der Waals surface area contributed by atoms with Crippen LogP contribution in [0.4, 0.5) is 0 Å². The van der Waals surface area contributed by atoms with Crippen LogP contribution < -0.4 is 0 Å². The van der Waals surface area contributed by atoms with E-state index in [0.717, 1.165) is 32.5 Å². The van der Waals surface area contributed by atoms with Crippen LogP contribution in [-0.4, -0.2) is 59.1 Å². The predicted octanol–water partition coefficient (Wildman–Crippen LogP) is 1.87. The number of rotatable bonds is 4. The van der Waals surface area contributed by atoms with Crippen molar-refractivity contribution in [1.82, 2.24) is 9.80 Å². The zero-order valence-electron chi connectivity index (χ0n) is 13.3. The topological polar surface area (TPSA) is 43.8 Å². The Bertz CT molecular complexity index is 368. The minimum absolute atomic E-state index is 0.129. The van der Waals surface area contributed by atoms with Crippen molar-refractivity contribution >= 4 is 5.91 Å². The molecule has 1 N–H and O–H groups in total. The van der Waals surface area contributed by atoms with E-state index in [2.05, 4.69) is 16.7 Å². The molecule has 0 spiro atoms. The van der Waals surface area contributed by atoms with Gasteiger partial charge in [0.05, 0.1) is 12.6 Å². The maximum atomic E-state index is 12.7. The van der Waals surface area contributed by atoms with Crippen molar-refractivity contribution in [3.63, 3.8) is 0 Å². The second-order valence-electron chi connectivity index (χ2n) is 7.23. The number of likely N-dealkylation sites (tertiary alicyclic amines) is 1. The summed E-state index contributed by atoms with van der Waals surface area (Å²) < 4.78 is 0. The van der Waals surface area contributed by atoms with Crippen molar-refractivity contribution < 1.29 is 9.90 Å². The first-order valence-corrected chi connectivity index (χ1v) is 8.89. The Hall–Kier alpha value is -0.610. The summed E-state index contributed by atoms with van der Waals surface area (Å²) in [5.41, 5.74) is 0. The number of carbonyl (C=O) groups excluding carboxylic acids is 1. The van der Waals surface area contributed by atoms with Gasteiger partial charge in [-0.3, -0.25) is 9.69 Å². The maximum absolute atomic E-state index is 12.7. The summed E-state index contributed by atoms with van der Waals surface area (Å²) in [7, 11) is 0. The molecule has 3 rings (SSSR count). The number of carbonyl (C=O) groups is 1. The minimum atomic E-state index is -0.129. The Morgan fingerprint density at radius 1 is 1.14 bits per heavy atom. The zero-order valence-corrected chi connectivity index (χ0v) is 13.3. The van der Waals surface area contributed by atoms with Crippen LogP contribution in [0.15, 0.2) is 0 Å². The van der Waals surface area contributed by atoms with Crippen LogP contribution in [0.2, 0.25) is 0 Å². The summed E-state index contributed by atoms with van der Waals surface area (Å²) in [5, 5.41) is 9.99. The third kappa shape index (κ3) is 3.26. The number of aliphatic hydroxyl groups excluding tert-OH is 1. The van der Waals surface area contributed by atoms with Crippen molar-refractivity contribution in [2.45, 2.75) is 64.0 Å². The van der Waals surface area contributed by atoms with Crippen LogP contribution in [0.25, 0.3) is 0 Å². The van der Waals surface area contributed by atoms with Gasteiger partial charge in [-0.15, -0.1) is 0 Å². The third-order valence-corrected chi connectivity index (χ3v) is 5.93. The highest BCUT2D eigenvalue weighted by atomic mass is 16.3. The quantitative estimate of drug-likeness (QED) is 0.861. The number of fused-ring (bicyclic) bond motifs is 1. The Labute approximate surface area is 128 Å². The second kappa shape index (κ2) is 6.66. The molecular formula is C17H30N2O2. The fourth-order valence-corrected chi connectivity index (χ4v) is 4.77. The summed E-state index contributed by atoms with van der Waals surface area (Å²) >= 11 is 0. The van der Waals surface area contributed by atoms with Gasteiger partial charge in [-0.25, -0.2) is 0 Å². The van der Waals surface area contributed by atoms with Crippen molar-refractivity contribution in [3.05, 3.63) is 0 Å². The summed E-state index contributed by atoms with van der Waals surface area (Å²) in [6, 6.07) is 0.476. The van der Waals surface area contributed by atoms with Gasteiger partial charge in [0.15, 0.2) is 0 Å². The van der Waals surface area contributed by atoms with Crippen LogP contribution in [0.5, 0.6) is 0 Å². The smallest absolute Gasteiger partial charge is 0.236 e. The molecule has 3 unspecified atom stereocenters. The van der Waals surface area contributed by atoms with E-state index in [4.69, 9.17) is 0 Å². The number of aliphatic hydroxyl groups is 1. The Kier molecular flexibility index (Phi) is 4.85. The molecule has 3 fully saturated rings. The van der Waals surface area contributed by atoms with Gasteiger partial charge in [0, 0.05) is 31.6 Å². The fourth-order valence-electron chi connectivity index (χ4n) is 4.77. The molecule has 2 aliphatic carbocycles.